The van der Waals surface area contributed by atoms with Gasteiger partial charge in [0, 0.05) is 30.3 Å². The second kappa shape index (κ2) is 3.66. The van der Waals surface area contributed by atoms with Crippen LogP contribution in [0.4, 0.5) is 0 Å². The first-order valence-electron chi connectivity index (χ1n) is 7.54. The molecule has 0 bridgehead atoms. The van der Waals surface area contributed by atoms with Crippen molar-refractivity contribution in [3.63, 3.8) is 0 Å². The highest BCUT2D eigenvalue weighted by atomic mass is 16.5. The van der Waals surface area contributed by atoms with Crippen LogP contribution in [0.1, 0.15) is 18.1 Å². The van der Waals surface area contributed by atoms with E-state index in [4.69, 9.17) is 10.5 Å². The molecule has 1 saturated carbocycles. The molecule has 2 N–H and O–H groups in total. The van der Waals surface area contributed by atoms with E-state index in [1.165, 1.54) is 16.7 Å². The Labute approximate surface area is 128 Å². The Balaban J connectivity index is 1.66. The van der Waals surface area contributed by atoms with Crippen LogP contribution < -0.4 is 5.73 Å². The average Bonchev–Trinajstić information content (AvgIpc) is 2.88. The first kappa shape index (κ1) is 12.1. The van der Waals surface area contributed by atoms with Crippen LogP contribution in [0.3, 0.4) is 0 Å². The van der Waals surface area contributed by atoms with Gasteiger partial charge < -0.3 is 10.5 Å². The summed E-state index contributed by atoms with van der Waals surface area (Å²) >= 11 is 0. The van der Waals surface area contributed by atoms with E-state index in [1.807, 2.05) is 12.4 Å². The lowest BCUT2D eigenvalue weighted by Gasteiger charge is -2.22. The van der Waals surface area contributed by atoms with E-state index in [0.29, 0.717) is 11.9 Å². The zero-order chi connectivity index (χ0) is 14.9. The molecule has 1 aromatic carbocycles. The van der Waals surface area contributed by atoms with Crippen molar-refractivity contribution in [2.45, 2.75) is 30.9 Å². The fraction of sp³-hybridized carbons (Fsp3) is 0.353. The van der Waals surface area contributed by atoms with Crippen molar-refractivity contribution in [2.75, 3.05) is 0 Å². The number of rotatable bonds is 1. The van der Waals surface area contributed by atoms with Crippen molar-refractivity contribution in [3.8, 4) is 11.1 Å². The van der Waals surface area contributed by atoms with Gasteiger partial charge in [0.05, 0.1) is 0 Å². The van der Waals surface area contributed by atoms with E-state index in [-0.39, 0.29) is 11.1 Å². The molecule has 0 radical (unpaired) electrons. The number of nitrogens with two attached hydrogens (primary N) is 1. The summed E-state index contributed by atoms with van der Waals surface area (Å²) in [6.45, 7) is 2.14. The molecule has 2 aliphatic carbocycles. The van der Waals surface area contributed by atoms with E-state index in [1.54, 1.807) is 6.33 Å². The molecule has 0 amide bonds. The van der Waals surface area contributed by atoms with Crippen LogP contribution >= 0.6 is 0 Å². The second-order valence-corrected chi connectivity index (χ2v) is 6.59. The van der Waals surface area contributed by atoms with Crippen molar-refractivity contribution >= 4 is 6.02 Å². The van der Waals surface area contributed by atoms with Gasteiger partial charge in [-0.05, 0) is 30.0 Å². The summed E-state index contributed by atoms with van der Waals surface area (Å²) in [4.78, 5) is 13.0. The van der Waals surface area contributed by atoms with Gasteiger partial charge in [-0.2, -0.15) is 0 Å². The highest BCUT2D eigenvalue weighted by molar-refractivity contribution is 5.79. The summed E-state index contributed by atoms with van der Waals surface area (Å²) in [6.07, 6.45) is 7.14. The molecular formula is C17H16N4O. The van der Waals surface area contributed by atoms with Gasteiger partial charge in [0.25, 0.3) is 6.02 Å². The van der Waals surface area contributed by atoms with Crippen LogP contribution in [0.5, 0.6) is 0 Å². The molecule has 1 fully saturated rings. The number of nitrogens with zero attached hydrogens (tertiary/aromatic N) is 3. The number of benzene rings is 1. The predicted molar refractivity (Wildman–Crippen MR) is 82.2 cm³/mol. The number of ether oxygens (including phenoxy) is 1. The van der Waals surface area contributed by atoms with Gasteiger partial charge in [-0.1, -0.05) is 18.2 Å². The molecule has 22 heavy (non-hydrogen) atoms. The summed E-state index contributed by atoms with van der Waals surface area (Å²) in [5, 5.41) is 0. The topological polar surface area (TPSA) is 73.4 Å². The van der Waals surface area contributed by atoms with Gasteiger partial charge in [0.1, 0.15) is 17.5 Å². The molecule has 0 saturated heterocycles. The molecule has 1 aliphatic heterocycles. The van der Waals surface area contributed by atoms with Crippen LogP contribution in [-0.4, -0.2) is 27.1 Å². The minimum atomic E-state index is -0.236. The van der Waals surface area contributed by atoms with Gasteiger partial charge in [0.2, 0.25) is 0 Å². The minimum Gasteiger partial charge on any atom is -0.456 e. The van der Waals surface area contributed by atoms with Gasteiger partial charge in [-0.25, -0.2) is 15.0 Å². The van der Waals surface area contributed by atoms with Crippen molar-refractivity contribution in [1.29, 1.82) is 0 Å². The number of hydrogen-bond acceptors (Lipinski definition) is 5. The molecule has 3 atom stereocenters. The summed E-state index contributed by atoms with van der Waals surface area (Å²) < 4.78 is 5.84. The van der Waals surface area contributed by atoms with E-state index in [2.05, 4.69) is 40.1 Å². The number of hydrogen-bond donors (Lipinski definition) is 1. The number of fused-ring (bicyclic) bond motifs is 2. The standard InChI is InChI=1S/C17H16N4O/c1-16-14-5-10-3-2-4-12(11-7-19-9-20-8-11)13(10)6-17(14,16)21-15(18)22-16/h2-4,7-9,14H,5-6H2,1H3,(H2,18,21)/t14?,16?,17-/m1/s1. The van der Waals surface area contributed by atoms with E-state index >= 15 is 0 Å². The van der Waals surface area contributed by atoms with Crippen LogP contribution in [0.15, 0.2) is 41.9 Å². The van der Waals surface area contributed by atoms with Crippen molar-refractivity contribution in [3.05, 3.63) is 48.0 Å². The second-order valence-electron chi connectivity index (χ2n) is 6.59. The normalized spacial score (nSPS) is 34.0. The number of aromatic nitrogens is 2. The fourth-order valence-corrected chi connectivity index (χ4v) is 4.46. The Bertz CT molecular complexity index is 819. The maximum absolute atomic E-state index is 5.84. The molecular weight excluding hydrogens is 276 g/mol. The van der Waals surface area contributed by atoms with Gasteiger partial charge in [-0.3, -0.25) is 0 Å². The molecule has 2 aromatic rings. The molecule has 5 nitrogen and oxygen atoms in total. The maximum Gasteiger partial charge on any atom is 0.283 e. The Hall–Kier alpha value is -2.43. The Kier molecular flexibility index (Phi) is 2.02. The first-order chi connectivity index (χ1) is 10.6. The third-order valence-corrected chi connectivity index (χ3v) is 5.66. The minimum absolute atomic E-state index is 0.171. The first-order valence-corrected chi connectivity index (χ1v) is 7.54. The molecule has 5 rings (SSSR count). The zero-order valence-corrected chi connectivity index (χ0v) is 12.3. The Morgan fingerprint density at radius 2 is 2.09 bits per heavy atom. The SMILES string of the molecule is CC12OC(N)=N[C@@]13Cc1c(cccc1-c1cncnc1)CC23. The van der Waals surface area contributed by atoms with Crippen molar-refractivity contribution in [2.24, 2.45) is 16.6 Å². The van der Waals surface area contributed by atoms with Crippen LogP contribution in [0.25, 0.3) is 11.1 Å². The van der Waals surface area contributed by atoms with E-state index < -0.39 is 0 Å². The fourth-order valence-electron chi connectivity index (χ4n) is 4.46. The average molecular weight is 292 g/mol. The Morgan fingerprint density at radius 1 is 1.27 bits per heavy atom. The lowest BCUT2D eigenvalue weighted by Crippen LogP contribution is -2.23. The number of aliphatic imine (C=N–C) groups is 1. The monoisotopic (exact) mass is 292 g/mol. The molecule has 1 aromatic heterocycles. The maximum atomic E-state index is 5.84. The largest absolute Gasteiger partial charge is 0.456 e. The molecule has 2 heterocycles. The van der Waals surface area contributed by atoms with Gasteiger partial charge in [0.15, 0.2) is 0 Å². The van der Waals surface area contributed by atoms with Gasteiger partial charge in [-0.15, -0.1) is 0 Å². The molecule has 3 aliphatic rings. The van der Waals surface area contributed by atoms with Crippen LogP contribution in [0, 0.1) is 5.92 Å². The predicted octanol–water partition coefficient (Wildman–Crippen LogP) is 1.71. The molecule has 5 heteroatoms. The molecule has 2 unspecified atom stereocenters. The van der Waals surface area contributed by atoms with E-state index in [0.717, 1.165) is 18.4 Å². The Morgan fingerprint density at radius 3 is 2.91 bits per heavy atom. The number of amidine groups is 1. The third-order valence-electron chi connectivity index (χ3n) is 5.66. The lowest BCUT2D eigenvalue weighted by molar-refractivity contribution is 0.166. The quantitative estimate of drug-likeness (QED) is 0.868. The summed E-state index contributed by atoms with van der Waals surface area (Å²) in [5.41, 5.74) is 10.4. The van der Waals surface area contributed by atoms with Gasteiger partial charge >= 0.3 is 0 Å². The summed E-state index contributed by atoms with van der Waals surface area (Å²) in [6, 6.07) is 6.79. The highest BCUT2D eigenvalue weighted by Crippen LogP contribution is 2.67. The van der Waals surface area contributed by atoms with E-state index in [9.17, 15) is 0 Å². The summed E-state index contributed by atoms with van der Waals surface area (Å²) in [5.74, 6) is 0.432. The highest BCUT2D eigenvalue weighted by Gasteiger charge is 2.81. The van der Waals surface area contributed by atoms with Crippen LogP contribution in [-0.2, 0) is 17.6 Å². The smallest absolute Gasteiger partial charge is 0.283 e. The molecule has 1 spiro atoms. The summed E-state index contributed by atoms with van der Waals surface area (Å²) in [7, 11) is 0. The van der Waals surface area contributed by atoms with Crippen molar-refractivity contribution < 1.29 is 4.74 Å². The third kappa shape index (κ3) is 1.27. The van der Waals surface area contributed by atoms with Crippen molar-refractivity contribution in [1.82, 2.24) is 9.97 Å². The van der Waals surface area contributed by atoms with Crippen LogP contribution in [0.2, 0.25) is 0 Å². The zero-order valence-electron chi connectivity index (χ0n) is 12.3. The molecule has 110 valence electrons. The lowest BCUT2D eigenvalue weighted by atomic mass is 9.84.